The van der Waals surface area contributed by atoms with Gasteiger partial charge in [0.05, 0.1) is 5.56 Å². The Morgan fingerprint density at radius 2 is 1.77 bits per heavy atom. The van der Waals surface area contributed by atoms with Gasteiger partial charge in [0.1, 0.15) is 0 Å². The van der Waals surface area contributed by atoms with E-state index in [9.17, 15) is 9.90 Å². The molecule has 2 aromatic carbocycles. The molecule has 0 atom stereocenters. The van der Waals surface area contributed by atoms with Crippen LogP contribution in [0.5, 0.6) is 5.75 Å². The molecule has 0 spiro atoms. The van der Waals surface area contributed by atoms with Gasteiger partial charge in [-0.1, -0.05) is 48.5 Å². The second-order valence-corrected chi connectivity index (χ2v) is 6.00. The van der Waals surface area contributed by atoms with Crippen molar-refractivity contribution in [3.05, 3.63) is 90.3 Å². The highest BCUT2D eigenvalue weighted by Gasteiger charge is 2.16. The smallest absolute Gasteiger partial charge is 0.259 e. The molecule has 2 aromatic heterocycles. The van der Waals surface area contributed by atoms with E-state index >= 15 is 0 Å². The molecule has 0 unspecified atom stereocenters. The number of nitrogens with one attached hydrogen (secondary N) is 1. The van der Waals surface area contributed by atoms with Gasteiger partial charge in [0.2, 0.25) is 0 Å². The summed E-state index contributed by atoms with van der Waals surface area (Å²) in [6, 6.07) is 21.0. The number of carbonyl (C=O) groups excluding carboxylic acids is 1. The summed E-state index contributed by atoms with van der Waals surface area (Å²) in [4.78, 5) is 16.8. The molecule has 5 nitrogen and oxygen atoms in total. The lowest BCUT2D eigenvalue weighted by Crippen LogP contribution is -2.12. The van der Waals surface area contributed by atoms with Gasteiger partial charge in [-0.15, -0.1) is 0 Å². The fourth-order valence-corrected chi connectivity index (χ4v) is 3.01. The van der Waals surface area contributed by atoms with Crippen LogP contribution in [0.2, 0.25) is 0 Å². The number of pyridine rings is 1. The molecule has 26 heavy (non-hydrogen) atoms. The molecule has 1 amide bonds. The van der Waals surface area contributed by atoms with Crippen LogP contribution in [0.15, 0.2) is 79.1 Å². The Balaban J connectivity index is 1.71. The van der Waals surface area contributed by atoms with Crippen molar-refractivity contribution in [3.63, 3.8) is 0 Å². The van der Waals surface area contributed by atoms with Crippen LogP contribution in [0, 0.1) is 0 Å². The van der Waals surface area contributed by atoms with Crippen LogP contribution >= 0.6 is 0 Å². The first-order valence-corrected chi connectivity index (χ1v) is 8.29. The molecule has 0 saturated carbocycles. The predicted molar refractivity (Wildman–Crippen MR) is 101 cm³/mol. The Morgan fingerprint density at radius 1 is 1.00 bits per heavy atom. The van der Waals surface area contributed by atoms with Crippen LogP contribution in [0.1, 0.15) is 15.9 Å². The number of fused-ring (bicyclic) bond motifs is 1. The molecule has 0 bridgehead atoms. The van der Waals surface area contributed by atoms with Crippen molar-refractivity contribution < 1.29 is 9.90 Å². The molecule has 0 radical (unpaired) electrons. The fourth-order valence-electron chi connectivity index (χ4n) is 3.01. The summed E-state index contributed by atoms with van der Waals surface area (Å²) in [6.45, 7) is 0.670. The van der Waals surface area contributed by atoms with Crippen LogP contribution in [-0.4, -0.2) is 20.6 Å². The Labute approximate surface area is 150 Å². The zero-order valence-corrected chi connectivity index (χ0v) is 14.0. The topological polar surface area (TPSA) is 67.2 Å². The third-order valence-electron chi connectivity index (χ3n) is 4.25. The van der Waals surface area contributed by atoms with Gasteiger partial charge in [-0.3, -0.25) is 4.79 Å². The van der Waals surface area contributed by atoms with Gasteiger partial charge in [0, 0.05) is 29.8 Å². The highest BCUT2D eigenvalue weighted by molar-refractivity contribution is 6.13. The van der Waals surface area contributed by atoms with E-state index in [1.807, 2.05) is 48.7 Å². The van der Waals surface area contributed by atoms with E-state index in [-0.39, 0.29) is 17.5 Å². The number of carbonyl (C=O) groups is 1. The Kier molecular flexibility index (Phi) is 4.11. The van der Waals surface area contributed by atoms with Crippen LogP contribution in [-0.2, 0) is 6.54 Å². The normalized spacial score (nSPS) is 10.8. The zero-order chi connectivity index (χ0) is 17.9. The minimum Gasteiger partial charge on any atom is -0.504 e. The monoisotopic (exact) mass is 343 g/mol. The van der Waals surface area contributed by atoms with Gasteiger partial charge in [-0.2, -0.15) is 0 Å². The van der Waals surface area contributed by atoms with Crippen molar-refractivity contribution in [1.82, 2.24) is 9.55 Å². The number of hydrogen-bond donors (Lipinski definition) is 2. The summed E-state index contributed by atoms with van der Waals surface area (Å²) < 4.78 is 2.05. The lowest BCUT2D eigenvalue weighted by Gasteiger charge is -2.05. The van der Waals surface area contributed by atoms with E-state index in [4.69, 9.17) is 0 Å². The lowest BCUT2D eigenvalue weighted by atomic mass is 10.1. The van der Waals surface area contributed by atoms with E-state index in [0.717, 1.165) is 16.5 Å². The average molecular weight is 343 g/mol. The summed E-state index contributed by atoms with van der Waals surface area (Å²) >= 11 is 0. The molecule has 0 aliphatic carbocycles. The second kappa shape index (κ2) is 6.72. The Hall–Kier alpha value is -3.60. The van der Waals surface area contributed by atoms with Crippen molar-refractivity contribution in [2.45, 2.75) is 6.54 Å². The Bertz CT molecular complexity index is 1070. The summed E-state index contributed by atoms with van der Waals surface area (Å²) in [5.41, 5.74) is 2.68. The third-order valence-corrected chi connectivity index (χ3v) is 4.25. The molecule has 0 fully saturated rings. The van der Waals surface area contributed by atoms with Crippen molar-refractivity contribution >= 4 is 22.6 Å². The fraction of sp³-hybridized carbons (Fsp3) is 0.0476. The van der Waals surface area contributed by atoms with Gasteiger partial charge in [0.25, 0.3) is 5.91 Å². The van der Waals surface area contributed by atoms with Crippen LogP contribution in [0.4, 0.5) is 5.82 Å². The quantitative estimate of drug-likeness (QED) is 0.587. The van der Waals surface area contributed by atoms with Crippen LogP contribution < -0.4 is 5.32 Å². The molecule has 2 heterocycles. The number of amides is 1. The molecule has 0 aliphatic rings. The molecule has 0 aliphatic heterocycles. The van der Waals surface area contributed by atoms with E-state index < -0.39 is 0 Å². The number of para-hydroxylation sites is 1. The maximum absolute atomic E-state index is 12.8. The average Bonchev–Trinajstić information content (AvgIpc) is 3.03. The van der Waals surface area contributed by atoms with Crippen molar-refractivity contribution in [3.8, 4) is 5.75 Å². The maximum atomic E-state index is 12.8. The summed E-state index contributed by atoms with van der Waals surface area (Å²) in [6.07, 6.45) is 3.36. The zero-order valence-electron chi connectivity index (χ0n) is 14.0. The number of rotatable bonds is 4. The maximum Gasteiger partial charge on any atom is 0.259 e. The molecule has 4 aromatic rings. The molecule has 2 N–H and O–H groups in total. The van der Waals surface area contributed by atoms with E-state index in [2.05, 4.69) is 27.0 Å². The largest absolute Gasteiger partial charge is 0.504 e. The van der Waals surface area contributed by atoms with Crippen LogP contribution in [0.3, 0.4) is 0 Å². The predicted octanol–water partition coefficient (Wildman–Crippen LogP) is 4.04. The molecule has 4 rings (SSSR count). The SMILES string of the molecule is O=C(Nc1ncccc1O)c1cn(Cc2ccccc2)c2ccccc12. The molecular weight excluding hydrogens is 326 g/mol. The summed E-state index contributed by atoms with van der Waals surface area (Å²) in [5, 5.41) is 13.4. The first kappa shape index (κ1) is 15.9. The summed E-state index contributed by atoms with van der Waals surface area (Å²) in [5.74, 6) is -0.215. The van der Waals surface area contributed by atoms with Gasteiger partial charge in [-0.05, 0) is 23.8 Å². The second-order valence-electron chi connectivity index (χ2n) is 6.00. The highest BCUT2D eigenvalue weighted by Crippen LogP contribution is 2.25. The molecule has 5 heteroatoms. The van der Waals surface area contributed by atoms with E-state index in [1.54, 1.807) is 6.07 Å². The molecule has 128 valence electrons. The number of aromatic hydroxyl groups is 1. The molecule has 0 saturated heterocycles. The minimum absolute atomic E-state index is 0.0612. The van der Waals surface area contributed by atoms with Crippen molar-refractivity contribution in [1.29, 1.82) is 0 Å². The third kappa shape index (κ3) is 3.02. The number of benzene rings is 2. The van der Waals surface area contributed by atoms with Gasteiger partial charge in [0.15, 0.2) is 11.6 Å². The molecular formula is C21H17N3O2. The first-order chi connectivity index (χ1) is 12.7. The van der Waals surface area contributed by atoms with E-state index in [1.165, 1.54) is 12.3 Å². The number of hydrogen-bond acceptors (Lipinski definition) is 3. The number of aromatic nitrogens is 2. The summed E-state index contributed by atoms with van der Waals surface area (Å²) in [7, 11) is 0. The van der Waals surface area contributed by atoms with E-state index in [0.29, 0.717) is 12.1 Å². The highest BCUT2D eigenvalue weighted by atomic mass is 16.3. The minimum atomic E-state index is -0.304. The lowest BCUT2D eigenvalue weighted by molar-refractivity contribution is 0.102. The first-order valence-electron chi connectivity index (χ1n) is 8.29. The standard InChI is InChI=1S/C21H17N3O2/c25-19-11-6-12-22-20(19)23-21(26)17-14-24(13-15-7-2-1-3-8-15)18-10-5-4-9-16(17)18/h1-12,14,25H,13H2,(H,22,23,26). The number of anilines is 1. The van der Waals surface area contributed by atoms with Gasteiger partial charge in [-0.25, -0.2) is 4.98 Å². The van der Waals surface area contributed by atoms with Gasteiger partial charge >= 0.3 is 0 Å². The number of nitrogens with zero attached hydrogens (tertiary/aromatic N) is 2. The van der Waals surface area contributed by atoms with Crippen molar-refractivity contribution in [2.75, 3.05) is 5.32 Å². The van der Waals surface area contributed by atoms with Crippen LogP contribution in [0.25, 0.3) is 10.9 Å². The van der Waals surface area contributed by atoms with Crippen molar-refractivity contribution in [2.24, 2.45) is 0 Å². The Morgan fingerprint density at radius 3 is 2.58 bits per heavy atom. The van der Waals surface area contributed by atoms with Gasteiger partial charge < -0.3 is 15.0 Å².